The van der Waals surface area contributed by atoms with Crippen molar-refractivity contribution in [3.8, 4) is 0 Å². The Morgan fingerprint density at radius 2 is 0.655 bits per heavy atom. The summed E-state index contributed by atoms with van der Waals surface area (Å²) in [6.07, 6.45) is 32.8. The van der Waals surface area contributed by atoms with Gasteiger partial charge < -0.3 is 56.7 Å². The van der Waals surface area contributed by atoms with Crippen LogP contribution in [-0.2, 0) is 87.3 Å². The van der Waals surface area contributed by atoms with Crippen molar-refractivity contribution >= 4 is 163 Å². The molecule has 0 spiro atoms. The van der Waals surface area contributed by atoms with Crippen molar-refractivity contribution in [3.63, 3.8) is 0 Å². The van der Waals surface area contributed by atoms with Crippen molar-refractivity contribution in [3.05, 3.63) is 310 Å². The number of imide groups is 3. The van der Waals surface area contributed by atoms with E-state index in [9.17, 15) is 55.9 Å². The number of rotatable bonds is 30. The quantitative estimate of drug-likeness (QED) is 0.00811. The van der Waals surface area contributed by atoms with Crippen LogP contribution in [-0.4, -0.2) is 184 Å². The second kappa shape index (κ2) is 52.3. The molecule has 35 heteroatoms. The summed E-state index contributed by atoms with van der Waals surface area (Å²) in [6, 6.07) is 38.4. The molecule has 12 aromatic rings. The summed E-state index contributed by atoms with van der Waals surface area (Å²) in [7, 11) is -4.02. The van der Waals surface area contributed by atoms with E-state index in [1.54, 1.807) is 147 Å². The van der Waals surface area contributed by atoms with Crippen LogP contribution < -0.4 is 62.0 Å². The molecule has 0 radical (unpaired) electrons. The average molecular weight is 2100 g/mol. The first-order valence-corrected chi connectivity index (χ1v) is 57.6. The minimum absolute atomic E-state index is 0. The van der Waals surface area contributed by atoms with E-state index >= 15 is 0 Å². The molecule has 5 N–H and O–H groups in total. The summed E-state index contributed by atoms with van der Waals surface area (Å²) in [5, 5.41) is 25.0. The zero-order valence-corrected chi connectivity index (χ0v) is 93.4. The Bertz CT molecular complexity index is 6850. The number of aromatic nitrogens is 8. The van der Waals surface area contributed by atoms with Gasteiger partial charge in [-0.25, -0.2) is 47.1 Å². The number of pyridine rings is 4. The zero-order valence-electron chi connectivity index (χ0n) is 87.3. The van der Waals surface area contributed by atoms with E-state index in [-0.39, 0.29) is 148 Å². The number of ether oxygens (including phenoxy) is 2. The third-order valence-corrected chi connectivity index (χ3v) is 40.4. The molecule has 27 nitrogen and oxygen atoms in total. The maximum absolute atomic E-state index is 13.3. The molecule has 4 aromatic carbocycles. The number of carbonyl (C=O) groups is 8. The number of aryl methyl sites for hydroxylation is 4. The number of esters is 2. The zero-order chi connectivity index (χ0) is 106. The number of aliphatic hydroxyl groups is 2. The van der Waals surface area contributed by atoms with E-state index < -0.39 is 60.5 Å². The predicted octanol–water partition coefficient (Wildman–Crippen LogP) is 18.2. The van der Waals surface area contributed by atoms with Crippen LogP contribution in [0.5, 0.6) is 0 Å². The summed E-state index contributed by atoms with van der Waals surface area (Å²) in [5.74, 6) is -5.35. The van der Waals surface area contributed by atoms with Gasteiger partial charge in [-0.1, -0.05) is 135 Å². The van der Waals surface area contributed by atoms with Gasteiger partial charge in [0.25, 0.3) is 35.4 Å². The molecule has 148 heavy (non-hydrogen) atoms. The van der Waals surface area contributed by atoms with Crippen LogP contribution in [0.25, 0.3) is 90.7 Å². The fourth-order valence-corrected chi connectivity index (χ4v) is 19.0. The van der Waals surface area contributed by atoms with Gasteiger partial charge in [0.15, 0.2) is 25.0 Å². The number of hydrogen-bond acceptors (Lipinski definition) is 20. The first-order valence-electron chi connectivity index (χ1n) is 48.9. The number of amides is 6. The molecule has 6 amide bonds. The molecule has 1 fully saturated rings. The van der Waals surface area contributed by atoms with E-state index in [0.29, 0.717) is 108 Å². The van der Waals surface area contributed by atoms with E-state index in [4.69, 9.17) is 33.0 Å². The number of halogens is 4. The molecule has 13 heterocycles. The van der Waals surface area contributed by atoms with Gasteiger partial charge >= 0.3 is 63.3 Å². The van der Waals surface area contributed by atoms with Crippen LogP contribution in [0, 0.1) is 23.3 Å². The fraction of sp³-hybridized carbons (Fsp3) is 0.327. The minimum atomic E-state index is -1.84. The van der Waals surface area contributed by atoms with Gasteiger partial charge in [-0.15, -0.1) is 0 Å². The number of cyclic esters (lactones) is 2. The van der Waals surface area contributed by atoms with Crippen molar-refractivity contribution in [2.45, 2.75) is 188 Å². The number of fused-ring (bicyclic) bond motifs is 4. The minimum Gasteiger partial charge on any atom is -0.870 e. The summed E-state index contributed by atoms with van der Waals surface area (Å²) in [4.78, 5) is 121. The van der Waals surface area contributed by atoms with Crippen LogP contribution in [0.3, 0.4) is 0 Å². The summed E-state index contributed by atoms with van der Waals surface area (Å²) in [5.41, 5.74) is 10.4. The maximum atomic E-state index is 13.3. The van der Waals surface area contributed by atoms with Gasteiger partial charge in [0, 0.05) is 173 Å². The van der Waals surface area contributed by atoms with Crippen LogP contribution in [0.1, 0.15) is 152 Å². The first-order chi connectivity index (χ1) is 69.3. The molecule has 0 bridgehead atoms. The molecule has 8 aromatic heterocycles. The van der Waals surface area contributed by atoms with Gasteiger partial charge in [0.2, 0.25) is 0 Å². The third kappa shape index (κ3) is 29.3. The number of carbonyl (C=O) groups excluding carboxylic acids is 8. The standard InChI is InChI=1S/C29H34FN3O3Si.C28H32FN3O3Si.C28H31FN2O4Si.C22H18FN3O3.C4H8O.C2H6O.K.H2O/c1-29(2,3)37(5,6)36-18-8-17-33-19-24(22-9-7-16-31-26(22)33)25-23(27(34)32(4)28(25)35)15-12-20-10-13-21(30)14-11-20;1-28(2,3)36(4,5)35-17-7-16-32-18-23(21-8-6-15-30-25(21)32)24-22(26(33)31-27(24)34)14-11-19-9-12-20(29)13-10-19;1-28(2,3)36(4,5)34-17-7-16-31-18-23(21-8-6-15-30-25(21)31)24-22(26(32)35-27(24)33)14-11-19-9-12-20(29)13-10-19;23-15-7-4-14(5-8-15)6-9-17-19(22(29)25-21(17)28)18-13-26(11-2-12-27)20-16(18)3-1-10-24-20;1-2-4-5-3-1;1-2-3;;/h7,9-16,19H,8,17-18H2,1-6H3;6,8-15,18H,7,16-17H2,1-5H3,(H,31,33,34);6,8-15,18H,7,16-17H2,1-5H3;1,3-10,13,27H,2,11-12H2,(H,25,28,29);1-4H2;3H,2H2,1H3;;1H2/q;;;;;;+1;/p-1/b15-12+;2*14-11+;9-6+;;;;. The maximum Gasteiger partial charge on any atom is 1.00 e. The molecule has 0 aliphatic carbocycles. The Morgan fingerprint density at radius 3 is 0.939 bits per heavy atom. The smallest absolute Gasteiger partial charge is 0.870 e. The number of aliphatic hydroxyl groups excluding tert-OH is 2. The number of nitrogens with zero attached hydrogens (tertiary/aromatic N) is 9. The van der Waals surface area contributed by atoms with Gasteiger partial charge in [-0.2, -0.15) is 0 Å². The summed E-state index contributed by atoms with van der Waals surface area (Å²) in [6.45, 7) is 41.8. The molecule has 774 valence electrons. The van der Waals surface area contributed by atoms with E-state index in [2.05, 4.69) is 132 Å². The molecule has 5 aliphatic heterocycles. The second-order valence-corrected chi connectivity index (χ2v) is 54.6. The number of benzene rings is 4. The fourth-order valence-electron chi connectivity index (χ4n) is 15.7. The van der Waals surface area contributed by atoms with Gasteiger partial charge in [0.05, 0.1) is 44.6 Å². The van der Waals surface area contributed by atoms with Crippen LogP contribution in [0.15, 0.2) is 242 Å². The molecule has 1 saturated heterocycles. The van der Waals surface area contributed by atoms with Crippen molar-refractivity contribution in [2.75, 3.05) is 53.3 Å². The normalized spacial score (nSPS) is 14.8. The van der Waals surface area contributed by atoms with Crippen LogP contribution in [0.2, 0.25) is 54.4 Å². The number of likely N-dealkylation sites (N-methyl/N-ethyl adjacent to an activating group) is 1. The Balaban J connectivity index is 0.000000196. The Kier molecular flexibility index (Phi) is 41.6. The Morgan fingerprint density at radius 1 is 0.378 bits per heavy atom. The third-order valence-electron chi connectivity index (χ3n) is 26.8. The molecular weight excluding hydrogens is 1970 g/mol. The van der Waals surface area contributed by atoms with Gasteiger partial charge in [-0.05, 0) is 243 Å². The number of nitrogens with one attached hydrogen (secondary N) is 2. The summed E-state index contributed by atoms with van der Waals surface area (Å²) >= 11 is 0. The molecular formula is C113H130F4KN11O16Si3. The van der Waals surface area contributed by atoms with Crippen molar-refractivity contribution < 1.29 is 146 Å². The van der Waals surface area contributed by atoms with Crippen LogP contribution in [0.4, 0.5) is 17.6 Å². The van der Waals surface area contributed by atoms with E-state index in [1.807, 2.05) is 73.3 Å². The number of hydrogen-bond donors (Lipinski definition) is 4. The molecule has 17 rings (SSSR count). The monoisotopic (exact) mass is 2100 g/mol. The second-order valence-electron chi connectivity index (χ2n) is 40.1. The first kappa shape index (κ1) is 118. The molecule has 0 atom stereocenters. The Labute approximate surface area is 906 Å². The molecule has 5 aliphatic rings. The SMILES string of the molecule is C1CCOC1.CC(C)(C)[Si](C)(C)OCCCn1cc(C2=C(/C=C/c3ccc(F)cc3)C(=O)NC2=O)c2cccnc21.CC(C)(C)[Si](C)(C)OCCCn1cc(C2=C(/C=C/c3ccc(F)cc3)C(=O)OC2=O)c2cccnc21.CCO.CN1C(=O)C(/C=C/c2ccc(F)cc2)=C(c2cn(CCCO[Si](C)(C)C(C)(C)C)c3ncccc23)C1=O.O=C1NC(=O)C(c2cn(CCCO)c3ncccc23)=C1/C=C/c1ccc(F)cc1.[K+].[OH-]. The van der Waals surface area contributed by atoms with Crippen LogP contribution >= 0.6 is 0 Å². The Hall–Kier alpha value is -12.2. The largest absolute Gasteiger partial charge is 1.00 e. The predicted molar refractivity (Wildman–Crippen MR) is 573 cm³/mol. The van der Waals surface area contributed by atoms with Crippen molar-refractivity contribution in [2.24, 2.45) is 0 Å². The molecule has 0 unspecified atom stereocenters. The van der Waals surface area contributed by atoms with E-state index in [1.165, 1.54) is 68.4 Å². The van der Waals surface area contributed by atoms with Crippen molar-refractivity contribution in [1.82, 2.24) is 53.7 Å². The summed E-state index contributed by atoms with van der Waals surface area (Å²) < 4.78 is 89.6. The van der Waals surface area contributed by atoms with Gasteiger partial charge in [-0.3, -0.25) is 44.3 Å². The molecule has 0 saturated carbocycles. The van der Waals surface area contributed by atoms with Crippen molar-refractivity contribution in [1.29, 1.82) is 0 Å². The van der Waals surface area contributed by atoms with Gasteiger partial charge in [0.1, 0.15) is 45.9 Å². The average Bonchev–Trinajstić information content (AvgIpc) is 1.56. The topological polar surface area (TPSA) is 352 Å². The van der Waals surface area contributed by atoms with E-state index in [0.717, 1.165) is 87.0 Å².